The van der Waals surface area contributed by atoms with E-state index in [1.807, 2.05) is 6.07 Å². The molecule has 3 heterocycles. The molecule has 0 aliphatic carbocycles. The highest BCUT2D eigenvalue weighted by molar-refractivity contribution is 7.07. The topological polar surface area (TPSA) is 61.0 Å². The van der Waals surface area contributed by atoms with Crippen LogP contribution in [0.2, 0.25) is 0 Å². The summed E-state index contributed by atoms with van der Waals surface area (Å²) in [7, 11) is 0. The summed E-state index contributed by atoms with van der Waals surface area (Å²) in [6.45, 7) is 3.14. The molecule has 1 aliphatic heterocycles. The van der Waals surface area contributed by atoms with Crippen LogP contribution in [0.25, 0.3) is 0 Å². The molecule has 2 aromatic heterocycles. The van der Waals surface area contributed by atoms with Crippen LogP contribution in [0.4, 0.5) is 0 Å². The number of aromatic nitrogens is 2. The third-order valence-electron chi connectivity index (χ3n) is 4.15. The van der Waals surface area contributed by atoms with Crippen LogP contribution in [0, 0.1) is 0 Å². The number of carbonyl (C=O) groups excluding carboxylic acids is 1. The number of carbonyl (C=O) groups is 1. The van der Waals surface area contributed by atoms with Crippen LogP contribution in [0.15, 0.2) is 29.1 Å². The van der Waals surface area contributed by atoms with Gasteiger partial charge in [-0.1, -0.05) is 0 Å². The van der Waals surface area contributed by atoms with Crippen LogP contribution in [-0.4, -0.2) is 47.2 Å². The number of piperidine rings is 1. The van der Waals surface area contributed by atoms with Gasteiger partial charge in [0.05, 0.1) is 6.54 Å². The van der Waals surface area contributed by atoms with Crippen molar-refractivity contribution < 1.29 is 4.79 Å². The van der Waals surface area contributed by atoms with Gasteiger partial charge in [0.25, 0.3) is 0 Å². The molecule has 2 N–H and O–H groups in total. The summed E-state index contributed by atoms with van der Waals surface area (Å²) < 4.78 is 0. The second-order valence-corrected chi connectivity index (χ2v) is 6.60. The van der Waals surface area contributed by atoms with Crippen molar-refractivity contribution in [1.82, 2.24) is 20.4 Å². The zero-order chi connectivity index (χ0) is 15.2. The molecule has 6 heteroatoms. The molecule has 0 saturated carbocycles. The fourth-order valence-electron chi connectivity index (χ4n) is 2.99. The smallest absolute Gasteiger partial charge is 0.234 e. The Hall–Kier alpha value is -1.66. The summed E-state index contributed by atoms with van der Waals surface area (Å²) in [5.41, 5.74) is 2.48. The van der Waals surface area contributed by atoms with E-state index < -0.39 is 0 Å². The minimum atomic E-state index is 0.125. The first-order valence-corrected chi connectivity index (χ1v) is 8.75. The Morgan fingerprint density at radius 2 is 2.45 bits per heavy atom. The first kappa shape index (κ1) is 15.2. The summed E-state index contributed by atoms with van der Waals surface area (Å²) in [6, 6.07) is 4.14. The molecule has 118 valence electrons. The summed E-state index contributed by atoms with van der Waals surface area (Å²) in [5, 5.41) is 14.3. The predicted octanol–water partition coefficient (Wildman–Crippen LogP) is 2.01. The monoisotopic (exact) mass is 318 g/mol. The molecular formula is C16H22N4OS. The number of hydrogen-bond acceptors (Lipinski definition) is 4. The van der Waals surface area contributed by atoms with Crippen molar-refractivity contribution in [2.24, 2.45) is 0 Å². The number of aromatic amines is 1. The van der Waals surface area contributed by atoms with Crippen LogP contribution < -0.4 is 5.32 Å². The van der Waals surface area contributed by atoms with Gasteiger partial charge in [-0.25, -0.2) is 0 Å². The number of rotatable bonds is 6. The maximum Gasteiger partial charge on any atom is 0.234 e. The van der Waals surface area contributed by atoms with Crippen LogP contribution in [0.3, 0.4) is 0 Å². The summed E-state index contributed by atoms with van der Waals surface area (Å²) >= 11 is 1.70. The van der Waals surface area contributed by atoms with Gasteiger partial charge in [-0.15, -0.1) is 0 Å². The Kier molecular flexibility index (Phi) is 5.24. The van der Waals surface area contributed by atoms with Gasteiger partial charge >= 0.3 is 0 Å². The molecule has 1 atom stereocenters. The molecule has 22 heavy (non-hydrogen) atoms. The number of nitrogens with one attached hydrogen (secondary N) is 2. The Bertz CT molecular complexity index is 567. The molecule has 1 saturated heterocycles. The lowest BCUT2D eigenvalue weighted by Gasteiger charge is -2.31. The highest BCUT2D eigenvalue weighted by atomic mass is 32.1. The van der Waals surface area contributed by atoms with E-state index in [4.69, 9.17) is 0 Å². The fraction of sp³-hybridized carbons (Fsp3) is 0.500. The van der Waals surface area contributed by atoms with Crippen molar-refractivity contribution in [3.63, 3.8) is 0 Å². The molecule has 0 radical (unpaired) electrons. The Morgan fingerprint density at radius 1 is 1.50 bits per heavy atom. The zero-order valence-electron chi connectivity index (χ0n) is 12.6. The van der Waals surface area contributed by atoms with E-state index in [-0.39, 0.29) is 5.91 Å². The second-order valence-electron chi connectivity index (χ2n) is 5.82. The molecule has 0 spiro atoms. The maximum absolute atomic E-state index is 12.1. The molecule has 2 aromatic rings. The number of H-pyrrole nitrogens is 1. The van der Waals surface area contributed by atoms with Crippen LogP contribution in [0.5, 0.6) is 0 Å². The largest absolute Gasteiger partial charge is 0.355 e. The van der Waals surface area contributed by atoms with Gasteiger partial charge < -0.3 is 5.32 Å². The van der Waals surface area contributed by atoms with Crippen LogP contribution >= 0.6 is 11.3 Å². The zero-order valence-corrected chi connectivity index (χ0v) is 13.4. The predicted molar refractivity (Wildman–Crippen MR) is 88.0 cm³/mol. The number of hydrogen-bond donors (Lipinski definition) is 2. The lowest BCUT2D eigenvalue weighted by Crippen LogP contribution is -2.42. The lowest BCUT2D eigenvalue weighted by atomic mass is 9.95. The van der Waals surface area contributed by atoms with Gasteiger partial charge in [-0.2, -0.15) is 16.4 Å². The first-order chi connectivity index (χ1) is 10.8. The summed E-state index contributed by atoms with van der Waals surface area (Å²) in [5.74, 6) is 0.593. The van der Waals surface area contributed by atoms with Crippen molar-refractivity contribution in [2.45, 2.75) is 25.2 Å². The van der Waals surface area contributed by atoms with Gasteiger partial charge in [0.15, 0.2) is 0 Å². The molecule has 3 rings (SSSR count). The van der Waals surface area contributed by atoms with Gasteiger partial charge in [-0.05, 0) is 54.3 Å². The third-order valence-corrected chi connectivity index (χ3v) is 4.88. The molecule has 1 fully saturated rings. The summed E-state index contributed by atoms with van der Waals surface area (Å²) in [6.07, 6.45) is 5.00. The minimum Gasteiger partial charge on any atom is -0.355 e. The number of thiophene rings is 1. The average Bonchev–Trinajstić information content (AvgIpc) is 3.21. The standard InChI is InChI=1S/C16H22N4OS/c21-16(17-6-3-13-5-9-22-12-13)11-20-8-1-2-14(10-20)15-4-7-18-19-15/h4-5,7,9,12,14H,1-3,6,8,10-11H2,(H,17,21)(H,18,19)/t14-/m1/s1. The van der Waals surface area contributed by atoms with Crippen molar-refractivity contribution in [3.05, 3.63) is 40.3 Å². The molecule has 5 nitrogen and oxygen atoms in total. The van der Waals surface area contributed by atoms with Crippen molar-refractivity contribution in [3.8, 4) is 0 Å². The Morgan fingerprint density at radius 3 is 3.23 bits per heavy atom. The molecule has 0 aromatic carbocycles. The van der Waals surface area contributed by atoms with Gasteiger partial charge in [0.1, 0.15) is 0 Å². The van der Waals surface area contributed by atoms with Crippen molar-refractivity contribution in [1.29, 1.82) is 0 Å². The highest BCUT2D eigenvalue weighted by Crippen LogP contribution is 2.24. The molecular weight excluding hydrogens is 296 g/mol. The molecule has 1 aliphatic rings. The normalized spacial score (nSPS) is 19.2. The SMILES string of the molecule is O=C(CN1CCC[C@@H](c2ccn[nH]2)C1)NCCc1ccsc1. The van der Waals surface area contributed by atoms with E-state index in [0.29, 0.717) is 19.0 Å². The third kappa shape index (κ3) is 4.18. The molecule has 0 bridgehead atoms. The number of amides is 1. The van der Waals surface area contributed by atoms with Gasteiger partial charge in [0.2, 0.25) is 5.91 Å². The quantitative estimate of drug-likeness (QED) is 0.856. The summed E-state index contributed by atoms with van der Waals surface area (Å²) in [4.78, 5) is 14.3. The first-order valence-electron chi connectivity index (χ1n) is 7.80. The second kappa shape index (κ2) is 7.56. The van der Waals surface area contributed by atoms with Crippen LogP contribution in [-0.2, 0) is 11.2 Å². The lowest BCUT2D eigenvalue weighted by molar-refractivity contribution is -0.122. The number of likely N-dealkylation sites (tertiary alicyclic amines) is 1. The van der Waals surface area contributed by atoms with E-state index in [1.165, 1.54) is 17.7 Å². The molecule has 0 unspecified atom stereocenters. The van der Waals surface area contributed by atoms with E-state index >= 15 is 0 Å². The van der Waals surface area contributed by atoms with E-state index in [1.54, 1.807) is 17.5 Å². The van der Waals surface area contributed by atoms with Crippen molar-refractivity contribution in [2.75, 3.05) is 26.2 Å². The van der Waals surface area contributed by atoms with Gasteiger partial charge in [-0.3, -0.25) is 14.8 Å². The Balaban J connectivity index is 1.41. The van der Waals surface area contributed by atoms with E-state index in [9.17, 15) is 4.79 Å². The Labute approximate surface area is 134 Å². The van der Waals surface area contributed by atoms with Crippen LogP contribution in [0.1, 0.15) is 30.0 Å². The maximum atomic E-state index is 12.1. The minimum absolute atomic E-state index is 0.125. The van der Waals surface area contributed by atoms with E-state index in [0.717, 1.165) is 25.9 Å². The average molecular weight is 318 g/mol. The highest BCUT2D eigenvalue weighted by Gasteiger charge is 2.23. The molecule has 1 amide bonds. The van der Waals surface area contributed by atoms with Crippen molar-refractivity contribution >= 4 is 17.2 Å². The van der Waals surface area contributed by atoms with E-state index in [2.05, 4.69) is 37.2 Å². The fourth-order valence-corrected chi connectivity index (χ4v) is 3.69. The van der Waals surface area contributed by atoms with Gasteiger partial charge in [0, 0.05) is 30.9 Å². The number of nitrogens with zero attached hydrogens (tertiary/aromatic N) is 2.